The summed E-state index contributed by atoms with van der Waals surface area (Å²) in [5, 5.41) is 2.30. The number of halogens is 3. The average molecular weight is 312 g/mol. The van der Waals surface area contributed by atoms with Gasteiger partial charge >= 0.3 is 0 Å². The van der Waals surface area contributed by atoms with Gasteiger partial charge in [-0.25, -0.2) is 17.2 Å². The molecule has 0 heterocycles. The van der Waals surface area contributed by atoms with Gasteiger partial charge in [-0.15, -0.1) is 0 Å². The normalized spacial score (nSPS) is 11.7. The van der Waals surface area contributed by atoms with Crippen molar-refractivity contribution in [2.45, 2.75) is 18.7 Å². The molecular weight excluding hydrogens is 300 g/mol. The van der Waals surface area contributed by atoms with Crippen molar-refractivity contribution in [3.8, 4) is 0 Å². The average Bonchev–Trinajstić information content (AvgIpc) is 2.24. The highest BCUT2D eigenvalue weighted by molar-refractivity contribution is 8.13. The Morgan fingerprint density at radius 1 is 1.37 bits per heavy atom. The second kappa shape index (κ2) is 5.83. The standard InChI is InChI=1S/C11H12ClF2NO3S/c1-6(2)5-15-11(16)9-7(13)3-4-8(10(9)14)19(12,17)18/h3-4,6H,5H2,1-2H3,(H,15,16). The van der Waals surface area contributed by atoms with E-state index in [0.29, 0.717) is 12.1 Å². The highest BCUT2D eigenvalue weighted by Gasteiger charge is 2.25. The molecule has 8 heteroatoms. The second-order valence-corrected chi connectivity index (χ2v) is 6.81. The van der Waals surface area contributed by atoms with Crippen molar-refractivity contribution in [2.24, 2.45) is 5.92 Å². The minimum Gasteiger partial charge on any atom is -0.352 e. The van der Waals surface area contributed by atoms with Gasteiger partial charge in [0, 0.05) is 17.2 Å². The minimum atomic E-state index is -4.39. The summed E-state index contributed by atoms with van der Waals surface area (Å²) in [6.45, 7) is 3.80. The lowest BCUT2D eigenvalue weighted by Crippen LogP contribution is -2.29. The van der Waals surface area contributed by atoms with E-state index in [-0.39, 0.29) is 12.5 Å². The van der Waals surface area contributed by atoms with Gasteiger partial charge < -0.3 is 5.32 Å². The van der Waals surface area contributed by atoms with Crippen molar-refractivity contribution in [1.82, 2.24) is 5.32 Å². The van der Waals surface area contributed by atoms with Gasteiger partial charge in [0.1, 0.15) is 16.3 Å². The highest BCUT2D eigenvalue weighted by Crippen LogP contribution is 2.23. The van der Waals surface area contributed by atoms with Crippen LogP contribution in [0.4, 0.5) is 8.78 Å². The van der Waals surface area contributed by atoms with Crippen LogP contribution in [0.5, 0.6) is 0 Å². The summed E-state index contributed by atoms with van der Waals surface area (Å²) in [5.74, 6) is -3.58. The third kappa shape index (κ3) is 3.87. The molecule has 0 spiro atoms. The quantitative estimate of drug-likeness (QED) is 0.868. The molecule has 0 fully saturated rings. The summed E-state index contributed by atoms with van der Waals surface area (Å²) in [6.07, 6.45) is 0. The van der Waals surface area contributed by atoms with E-state index in [1.54, 1.807) is 13.8 Å². The second-order valence-electron chi connectivity index (χ2n) is 4.28. The fourth-order valence-electron chi connectivity index (χ4n) is 1.32. The van der Waals surface area contributed by atoms with Crippen molar-refractivity contribution in [1.29, 1.82) is 0 Å². The zero-order chi connectivity index (χ0) is 14.8. The molecule has 1 aromatic rings. The third-order valence-corrected chi connectivity index (χ3v) is 3.56. The molecule has 0 bridgehead atoms. The Kier molecular flexibility index (Phi) is 4.86. The molecule has 0 saturated carbocycles. The first kappa shape index (κ1) is 15.8. The number of benzene rings is 1. The lowest BCUT2D eigenvalue weighted by atomic mass is 10.1. The van der Waals surface area contributed by atoms with E-state index in [4.69, 9.17) is 10.7 Å². The van der Waals surface area contributed by atoms with Crippen LogP contribution in [0.2, 0.25) is 0 Å². The third-order valence-electron chi connectivity index (χ3n) is 2.22. The molecule has 1 amide bonds. The first-order chi connectivity index (χ1) is 8.64. The van der Waals surface area contributed by atoms with Gasteiger partial charge in [-0.05, 0) is 18.1 Å². The van der Waals surface area contributed by atoms with Crippen LogP contribution < -0.4 is 5.32 Å². The zero-order valence-corrected chi connectivity index (χ0v) is 11.8. The van der Waals surface area contributed by atoms with Crippen LogP contribution in [-0.2, 0) is 9.05 Å². The van der Waals surface area contributed by atoms with E-state index >= 15 is 0 Å². The van der Waals surface area contributed by atoms with E-state index in [9.17, 15) is 22.0 Å². The van der Waals surface area contributed by atoms with Crippen molar-refractivity contribution in [3.63, 3.8) is 0 Å². The summed E-state index contributed by atoms with van der Waals surface area (Å²) >= 11 is 0. The topological polar surface area (TPSA) is 63.2 Å². The molecule has 0 aromatic heterocycles. The summed E-state index contributed by atoms with van der Waals surface area (Å²) < 4.78 is 49.4. The number of amides is 1. The van der Waals surface area contributed by atoms with Crippen LogP contribution in [0.15, 0.2) is 17.0 Å². The maximum Gasteiger partial charge on any atom is 0.264 e. The van der Waals surface area contributed by atoms with Crippen molar-refractivity contribution in [3.05, 3.63) is 29.3 Å². The molecule has 106 valence electrons. The summed E-state index contributed by atoms with van der Waals surface area (Å²) in [5.41, 5.74) is -0.956. The molecule has 1 aromatic carbocycles. The van der Waals surface area contributed by atoms with Crippen LogP contribution in [0.3, 0.4) is 0 Å². The van der Waals surface area contributed by atoms with Crippen molar-refractivity contribution < 1.29 is 22.0 Å². The largest absolute Gasteiger partial charge is 0.352 e. The number of carbonyl (C=O) groups is 1. The molecule has 4 nitrogen and oxygen atoms in total. The monoisotopic (exact) mass is 311 g/mol. The minimum absolute atomic E-state index is 0.0787. The molecule has 19 heavy (non-hydrogen) atoms. The fourth-order valence-corrected chi connectivity index (χ4v) is 2.22. The summed E-state index contributed by atoms with van der Waals surface area (Å²) in [4.78, 5) is 10.7. The molecule has 1 rings (SSSR count). The summed E-state index contributed by atoms with van der Waals surface area (Å²) in [7, 11) is 0.611. The molecule has 0 saturated heterocycles. The van der Waals surface area contributed by atoms with Crippen LogP contribution in [0.25, 0.3) is 0 Å². The van der Waals surface area contributed by atoms with Gasteiger partial charge in [0.05, 0.1) is 0 Å². The van der Waals surface area contributed by atoms with Crippen LogP contribution in [-0.4, -0.2) is 20.9 Å². The number of nitrogens with one attached hydrogen (secondary N) is 1. The molecule has 0 atom stereocenters. The fraction of sp³-hybridized carbons (Fsp3) is 0.364. The van der Waals surface area contributed by atoms with Crippen LogP contribution in [0, 0.1) is 17.6 Å². The van der Waals surface area contributed by atoms with Crippen molar-refractivity contribution in [2.75, 3.05) is 6.54 Å². The number of rotatable bonds is 4. The van der Waals surface area contributed by atoms with Crippen LogP contribution >= 0.6 is 10.7 Å². The SMILES string of the molecule is CC(C)CNC(=O)c1c(F)ccc(S(=O)(=O)Cl)c1F. The number of hydrogen-bond acceptors (Lipinski definition) is 3. The lowest BCUT2D eigenvalue weighted by Gasteiger charge is -2.10. The zero-order valence-electron chi connectivity index (χ0n) is 10.2. The van der Waals surface area contributed by atoms with Gasteiger partial charge in [0.25, 0.3) is 15.0 Å². The Morgan fingerprint density at radius 2 is 1.95 bits per heavy atom. The molecule has 0 aliphatic heterocycles. The van der Waals surface area contributed by atoms with Gasteiger partial charge in [0.15, 0.2) is 5.82 Å². The van der Waals surface area contributed by atoms with E-state index < -0.39 is 37.1 Å². The number of carbonyl (C=O) groups excluding carboxylic acids is 1. The van der Waals surface area contributed by atoms with Gasteiger partial charge in [0.2, 0.25) is 0 Å². The predicted octanol–water partition coefficient (Wildman–Crippen LogP) is 2.28. The smallest absolute Gasteiger partial charge is 0.264 e. The highest BCUT2D eigenvalue weighted by atomic mass is 35.7. The molecule has 1 N–H and O–H groups in total. The van der Waals surface area contributed by atoms with Crippen LogP contribution in [0.1, 0.15) is 24.2 Å². The first-order valence-electron chi connectivity index (χ1n) is 5.35. The predicted molar refractivity (Wildman–Crippen MR) is 66.6 cm³/mol. The maximum absolute atomic E-state index is 13.8. The van der Waals surface area contributed by atoms with Gasteiger partial charge in [-0.2, -0.15) is 0 Å². The first-order valence-corrected chi connectivity index (χ1v) is 7.66. The molecule has 0 aliphatic rings. The lowest BCUT2D eigenvalue weighted by molar-refractivity contribution is 0.0940. The van der Waals surface area contributed by atoms with E-state index in [2.05, 4.69) is 5.32 Å². The van der Waals surface area contributed by atoms with Crippen molar-refractivity contribution >= 4 is 25.6 Å². The van der Waals surface area contributed by atoms with Gasteiger partial charge in [-0.1, -0.05) is 13.8 Å². The van der Waals surface area contributed by atoms with E-state index in [0.717, 1.165) is 0 Å². The van der Waals surface area contributed by atoms with E-state index in [1.165, 1.54) is 0 Å². The van der Waals surface area contributed by atoms with E-state index in [1.807, 2.05) is 0 Å². The summed E-state index contributed by atoms with van der Waals surface area (Å²) in [6, 6.07) is 1.36. The molecule has 0 aliphatic carbocycles. The number of hydrogen-bond donors (Lipinski definition) is 1. The Bertz CT molecular complexity index is 602. The maximum atomic E-state index is 13.8. The Hall–Kier alpha value is -1.21. The van der Waals surface area contributed by atoms with Gasteiger partial charge in [-0.3, -0.25) is 4.79 Å². The Balaban J connectivity index is 3.24. The molecule has 0 radical (unpaired) electrons. The Labute approximate surface area is 114 Å². The molecule has 0 unspecified atom stereocenters. The molecular formula is C11H12ClF2NO3S. The Morgan fingerprint density at radius 3 is 2.42 bits per heavy atom.